The fourth-order valence-corrected chi connectivity index (χ4v) is 5.69. The number of H-pyrrole nitrogens is 2. The average Bonchev–Trinajstić information content (AvgIpc) is 3.71. The monoisotopic (exact) mass is 530 g/mol. The van der Waals surface area contributed by atoms with Crippen LogP contribution in [0, 0.1) is 5.13 Å². The number of benzene rings is 2. The molecule has 0 unspecified atom stereocenters. The van der Waals surface area contributed by atoms with Gasteiger partial charge in [-0.25, -0.2) is 4.98 Å². The molecule has 6 nitrogen and oxygen atoms in total. The van der Waals surface area contributed by atoms with Crippen molar-refractivity contribution in [3.8, 4) is 33.0 Å². The molecule has 0 amide bonds. The molecule has 0 spiro atoms. The topological polar surface area (TPSA) is 82.3 Å². The smallest absolute Gasteiger partial charge is 0.181 e. The van der Waals surface area contributed by atoms with Crippen LogP contribution in [0.15, 0.2) is 97.5 Å². The molecule has 7 aromatic rings. The van der Waals surface area contributed by atoms with E-state index in [1.165, 1.54) is 11.6 Å². The highest BCUT2D eigenvalue weighted by atomic mass is 32.1. The van der Waals surface area contributed by atoms with Crippen molar-refractivity contribution in [1.82, 2.24) is 30.5 Å². The first-order chi connectivity index (χ1) is 19.2. The summed E-state index contributed by atoms with van der Waals surface area (Å²) in [6.45, 7) is 1.51. The quantitative estimate of drug-likeness (QED) is 0.202. The third kappa shape index (κ3) is 4.60. The van der Waals surface area contributed by atoms with Crippen LogP contribution in [0.2, 0.25) is 0 Å². The Labute approximate surface area is 227 Å². The molecule has 190 valence electrons. The standard InChI is InChI=1S/C31H23FN6S/c32-29-10-9-28(39-29)23-7-4-8-26-24(23)13-27(36-26)30-25-12-22(18-35-31(25)38-37-30)21-11-20(16-34-17-21)15-33-14-19-5-2-1-3-6-19/h1-13,16-18,33,36H,14-15H2,(H,35,37,38). The number of thiophene rings is 1. The lowest BCUT2D eigenvalue weighted by Crippen LogP contribution is -2.12. The summed E-state index contributed by atoms with van der Waals surface area (Å²) in [6, 6.07) is 26.0. The molecular formula is C31H23FN6S. The summed E-state index contributed by atoms with van der Waals surface area (Å²) in [5.74, 6) is 0. The van der Waals surface area contributed by atoms with Crippen LogP contribution in [-0.4, -0.2) is 25.1 Å². The molecule has 0 saturated heterocycles. The van der Waals surface area contributed by atoms with Gasteiger partial charge in [0.1, 0.15) is 0 Å². The lowest BCUT2D eigenvalue weighted by Gasteiger charge is -2.07. The van der Waals surface area contributed by atoms with Crippen molar-refractivity contribution in [3.05, 3.63) is 114 Å². The largest absolute Gasteiger partial charge is 0.353 e. The Kier molecular flexibility index (Phi) is 5.96. The molecule has 0 atom stereocenters. The van der Waals surface area contributed by atoms with Crippen LogP contribution in [0.5, 0.6) is 0 Å². The number of aromatic nitrogens is 5. The molecule has 5 heterocycles. The van der Waals surface area contributed by atoms with Gasteiger partial charge in [0.05, 0.1) is 11.4 Å². The van der Waals surface area contributed by atoms with E-state index in [0.29, 0.717) is 12.2 Å². The summed E-state index contributed by atoms with van der Waals surface area (Å²) in [5.41, 5.74) is 8.67. The van der Waals surface area contributed by atoms with Crippen LogP contribution in [-0.2, 0) is 13.1 Å². The minimum Gasteiger partial charge on any atom is -0.353 e. The van der Waals surface area contributed by atoms with Gasteiger partial charge in [-0.1, -0.05) is 42.5 Å². The normalized spacial score (nSPS) is 11.5. The number of nitrogens with zero attached hydrogens (tertiary/aromatic N) is 3. The predicted molar refractivity (Wildman–Crippen MR) is 155 cm³/mol. The van der Waals surface area contributed by atoms with E-state index in [0.717, 1.165) is 72.7 Å². The maximum Gasteiger partial charge on any atom is 0.181 e. The van der Waals surface area contributed by atoms with Crippen LogP contribution in [0.4, 0.5) is 4.39 Å². The van der Waals surface area contributed by atoms with E-state index in [4.69, 9.17) is 0 Å². The second kappa shape index (κ2) is 9.90. The van der Waals surface area contributed by atoms with Gasteiger partial charge < -0.3 is 10.3 Å². The first kappa shape index (κ1) is 23.5. The van der Waals surface area contributed by atoms with Crippen molar-refractivity contribution < 1.29 is 4.39 Å². The van der Waals surface area contributed by atoms with Crippen molar-refractivity contribution in [1.29, 1.82) is 0 Å². The van der Waals surface area contributed by atoms with Crippen LogP contribution in [0.1, 0.15) is 11.1 Å². The Bertz CT molecular complexity index is 1920. The molecule has 3 N–H and O–H groups in total. The van der Waals surface area contributed by atoms with Crippen LogP contribution >= 0.6 is 11.3 Å². The lowest BCUT2D eigenvalue weighted by molar-refractivity contribution is 0.657. The SMILES string of the molecule is Fc1ccc(-c2cccc3[nH]c(-c4[nH]nc5ncc(-c6cncc(CNCc7ccccc7)c6)cc45)cc23)s1. The van der Waals surface area contributed by atoms with E-state index in [9.17, 15) is 4.39 Å². The fourth-order valence-electron chi connectivity index (χ4n) is 4.92. The summed E-state index contributed by atoms with van der Waals surface area (Å²) < 4.78 is 13.7. The van der Waals surface area contributed by atoms with Crippen molar-refractivity contribution in [2.24, 2.45) is 0 Å². The van der Waals surface area contributed by atoms with Gasteiger partial charge in [0.15, 0.2) is 10.8 Å². The van der Waals surface area contributed by atoms with E-state index < -0.39 is 0 Å². The molecule has 0 radical (unpaired) electrons. The molecule has 5 aromatic heterocycles. The Morgan fingerprint density at radius 3 is 2.54 bits per heavy atom. The summed E-state index contributed by atoms with van der Waals surface area (Å²) in [6.07, 6.45) is 5.58. The van der Waals surface area contributed by atoms with Crippen LogP contribution in [0.3, 0.4) is 0 Å². The summed E-state index contributed by atoms with van der Waals surface area (Å²) in [4.78, 5) is 13.5. The van der Waals surface area contributed by atoms with E-state index in [2.05, 4.69) is 60.8 Å². The van der Waals surface area contributed by atoms with Gasteiger partial charge in [-0.15, -0.1) is 11.3 Å². The molecule has 0 bridgehead atoms. The Balaban J connectivity index is 1.20. The fraction of sp³-hybridized carbons (Fsp3) is 0.0645. The average molecular weight is 531 g/mol. The summed E-state index contributed by atoms with van der Waals surface area (Å²) in [7, 11) is 0. The summed E-state index contributed by atoms with van der Waals surface area (Å²) in [5, 5.41) is 12.8. The molecule has 8 heteroatoms. The lowest BCUT2D eigenvalue weighted by atomic mass is 10.1. The molecule has 0 aliphatic heterocycles. The van der Waals surface area contributed by atoms with Gasteiger partial charge >= 0.3 is 0 Å². The molecule has 0 aliphatic carbocycles. The van der Waals surface area contributed by atoms with Crippen molar-refractivity contribution in [3.63, 3.8) is 0 Å². The first-order valence-electron chi connectivity index (χ1n) is 12.6. The van der Waals surface area contributed by atoms with Crippen molar-refractivity contribution >= 4 is 33.3 Å². The van der Waals surface area contributed by atoms with E-state index in [-0.39, 0.29) is 5.13 Å². The minimum atomic E-state index is -0.193. The number of nitrogens with one attached hydrogen (secondary N) is 3. The zero-order valence-corrected chi connectivity index (χ0v) is 21.6. The van der Waals surface area contributed by atoms with Crippen molar-refractivity contribution in [2.75, 3.05) is 0 Å². The van der Waals surface area contributed by atoms with E-state index in [1.807, 2.05) is 61.1 Å². The van der Waals surface area contributed by atoms with Gasteiger partial charge in [-0.2, -0.15) is 9.49 Å². The maximum absolute atomic E-state index is 13.7. The van der Waals surface area contributed by atoms with Crippen molar-refractivity contribution in [2.45, 2.75) is 13.1 Å². The van der Waals surface area contributed by atoms with Gasteiger partial charge in [-0.05, 0) is 47.5 Å². The number of hydrogen-bond acceptors (Lipinski definition) is 5. The molecule has 0 saturated carbocycles. The second-order valence-corrected chi connectivity index (χ2v) is 10.5. The van der Waals surface area contributed by atoms with E-state index >= 15 is 0 Å². The van der Waals surface area contributed by atoms with Crippen LogP contribution in [0.25, 0.3) is 54.9 Å². The third-order valence-corrected chi connectivity index (χ3v) is 7.72. The second-order valence-electron chi connectivity index (χ2n) is 9.42. The predicted octanol–water partition coefficient (Wildman–Crippen LogP) is 7.33. The van der Waals surface area contributed by atoms with Gasteiger partial charge in [0, 0.05) is 69.5 Å². The first-order valence-corrected chi connectivity index (χ1v) is 13.4. The highest BCUT2D eigenvalue weighted by Gasteiger charge is 2.15. The Hall–Kier alpha value is -4.66. The maximum atomic E-state index is 13.7. The van der Waals surface area contributed by atoms with Gasteiger partial charge in [0.2, 0.25) is 0 Å². The van der Waals surface area contributed by atoms with Crippen LogP contribution < -0.4 is 5.32 Å². The molecule has 0 fully saturated rings. The number of aromatic amines is 2. The zero-order chi connectivity index (χ0) is 26.2. The molecule has 0 aliphatic rings. The summed E-state index contributed by atoms with van der Waals surface area (Å²) >= 11 is 1.15. The van der Waals surface area contributed by atoms with E-state index in [1.54, 1.807) is 0 Å². The highest BCUT2D eigenvalue weighted by molar-refractivity contribution is 7.14. The number of hydrogen-bond donors (Lipinski definition) is 3. The highest BCUT2D eigenvalue weighted by Crippen LogP contribution is 2.36. The Morgan fingerprint density at radius 1 is 0.795 bits per heavy atom. The van der Waals surface area contributed by atoms with Gasteiger partial charge in [0.25, 0.3) is 0 Å². The number of halogens is 1. The Morgan fingerprint density at radius 2 is 1.67 bits per heavy atom. The third-order valence-electron chi connectivity index (χ3n) is 6.81. The number of fused-ring (bicyclic) bond motifs is 2. The van der Waals surface area contributed by atoms with Gasteiger partial charge in [-0.3, -0.25) is 10.1 Å². The molecule has 2 aromatic carbocycles. The molecule has 7 rings (SSSR count). The molecule has 39 heavy (non-hydrogen) atoms. The minimum absolute atomic E-state index is 0.193. The zero-order valence-electron chi connectivity index (χ0n) is 20.8. The molecular weight excluding hydrogens is 507 g/mol. The number of pyridine rings is 2. The number of rotatable bonds is 7.